The number of aliphatic hydroxyl groups excluding tert-OH is 1. The molecule has 0 radical (unpaired) electrons. The molecule has 0 aromatic heterocycles. The van der Waals surface area contributed by atoms with Crippen LogP contribution in [0, 0.1) is 5.92 Å². The molecule has 1 aromatic rings. The molecule has 0 bridgehead atoms. The molecular formula is C16H27NO3S. The highest BCUT2D eigenvalue weighted by atomic mass is 32.2. The van der Waals surface area contributed by atoms with Gasteiger partial charge < -0.3 is 5.11 Å². The average molecular weight is 313 g/mol. The van der Waals surface area contributed by atoms with E-state index in [-0.39, 0.29) is 6.61 Å². The van der Waals surface area contributed by atoms with Gasteiger partial charge in [0.1, 0.15) is 0 Å². The molecule has 0 heterocycles. The minimum absolute atomic E-state index is 0.151. The van der Waals surface area contributed by atoms with Crippen LogP contribution < -0.4 is 4.72 Å². The van der Waals surface area contributed by atoms with Gasteiger partial charge in [-0.05, 0) is 42.9 Å². The van der Waals surface area contributed by atoms with Gasteiger partial charge in [0.25, 0.3) is 0 Å². The van der Waals surface area contributed by atoms with Crippen molar-refractivity contribution in [3.8, 4) is 0 Å². The van der Waals surface area contributed by atoms with E-state index in [4.69, 9.17) is 5.11 Å². The van der Waals surface area contributed by atoms with E-state index in [1.54, 1.807) is 12.1 Å². The quantitative estimate of drug-likeness (QED) is 0.653. The van der Waals surface area contributed by atoms with E-state index in [2.05, 4.69) is 18.6 Å². The largest absolute Gasteiger partial charge is 0.396 e. The third-order valence-electron chi connectivity index (χ3n) is 3.36. The predicted molar refractivity (Wildman–Crippen MR) is 85.7 cm³/mol. The van der Waals surface area contributed by atoms with Crippen LogP contribution in [0.5, 0.6) is 0 Å². The molecule has 0 amide bonds. The maximum absolute atomic E-state index is 12.1. The van der Waals surface area contributed by atoms with E-state index in [9.17, 15) is 8.42 Å². The molecule has 1 rings (SSSR count). The predicted octanol–water partition coefficient (Wildman–Crippen LogP) is 2.72. The Morgan fingerprint density at radius 1 is 1.10 bits per heavy atom. The van der Waals surface area contributed by atoms with Crippen LogP contribution in [-0.2, 0) is 16.4 Å². The number of nitrogens with one attached hydrogen (secondary N) is 1. The number of hydrogen-bond acceptors (Lipinski definition) is 3. The van der Waals surface area contributed by atoms with Gasteiger partial charge >= 0.3 is 0 Å². The summed E-state index contributed by atoms with van der Waals surface area (Å²) < 4.78 is 26.9. The summed E-state index contributed by atoms with van der Waals surface area (Å²) in [5.74, 6) is 0.660. The SMILES string of the molecule is CC(C)CCCCNS(=O)(=O)c1ccc(CCCO)cc1. The molecule has 0 aliphatic rings. The maximum atomic E-state index is 12.1. The second-order valence-corrected chi connectivity index (χ2v) is 7.53. The highest BCUT2D eigenvalue weighted by Crippen LogP contribution is 2.12. The fourth-order valence-electron chi connectivity index (χ4n) is 2.09. The van der Waals surface area contributed by atoms with Crippen molar-refractivity contribution in [3.63, 3.8) is 0 Å². The Morgan fingerprint density at radius 2 is 1.76 bits per heavy atom. The number of benzene rings is 1. The summed E-state index contributed by atoms with van der Waals surface area (Å²) in [5, 5.41) is 8.78. The number of aryl methyl sites for hydroxylation is 1. The van der Waals surface area contributed by atoms with E-state index in [0.29, 0.717) is 23.8 Å². The first kappa shape index (κ1) is 18.1. The molecule has 4 nitrogen and oxygen atoms in total. The Morgan fingerprint density at radius 3 is 2.33 bits per heavy atom. The average Bonchev–Trinajstić information content (AvgIpc) is 2.44. The molecule has 120 valence electrons. The van der Waals surface area contributed by atoms with Crippen LogP contribution in [0.4, 0.5) is 0 Å². The second kappa shape index (κ2) is 9.18. The minimum Gasteiger partial charge on any atom is -0.396 e. The van der Waals surface area contributed by atoms with Crippen LogP contribution in [0.1, 0.15) is 45.1 Å². The van der Waals surface area contributed by atoms with Crippen molar-refractivity contribution in [2.45, 2.75) is 50.8 Å². The van der Waals surface area contributed by atoms with Gasteiger partial charge in [0, 0.05) is 13.2 Å². The second-order valence-electron chi connectivity index (χ2n) is 5.76. The first-order valence-corrected chi connectivity index (χ1v) is 9.13. The van der Waals surface area contributed by atoms with Crippen LogP contribution in [0.3, 0.4) is 0 Å². The zero-order valence-electron chi connectivity index (χ0n) is 13.0. The topological polar surface area (TPSA) is 66.4 Å². The lowest BCUT2D eigenvalue weighted by Gasteiger charge is -2.08. The number of sulfonamides is 1. The van der Waals surface area contributed by atoms with E-state index in [0.717, 1.165) is 31.2 Å². The number of unbranched alkanes of at least 4 members (excludes halogenated alkanes) is 1. The van der Waals surface area contributed by atoms with Gasteiger partial charge in [-0.2, -0.15) is 0 Å². The van der Waals surface area contributed by atoms with Gasteiger partial charge in [-0.15, -0.1) is 0 Å². The summed E-state index contributed by atoms with van der Waals surface area (Å²) in [6, 6.07) is 6.87. The summed E-state index contributed by atoms with van der Waals surface area (Å²) in [4.78, 5) is 0.305. The van der Waals surface area contributed by atoms with E-state index in [1.807, 2.05) is 12.1 Å². The Bertz CT molecular complexity index is 495. The number of hydrogen-bond donors (Lipinski definition) is 2. The van der Waals surface area contributed by atoms with Gasteiger partial charge in [-0.1, -0.05) is 38.8 Å². The summed E-state index contributed by atoms with van der Waals surface area (Å²) in [5.41, 5.74) is 1.04. The van der Waals surface area contributed by atoms with E-state index < -0.39 is 10.0 Å². The third kappa shape index (κ3) is 7.07. The zero-order chi connectivity index (χ0) is 15.7. The molecule has 0 aliphatic carbocycles. The van der Waals surface area contributed by atoms with Crippen molar-refractivity contribution < 1.29 is 13.5 Å². The summed E-state index contributed by atoms with van der Waals surface area (Å²) >= 11 is 0. The van der Waals surface area contributed by atoms with Crippen molar-refractivity contribution in [3.05, 3.63) is 29.8 Å². The lowest BCUT2D eigenvalue weighted by atomic mass is 10.1. The minimum atomic E-state index is -3.40. The summed E-state index contributed by atoms with van der Waals surface area (Å²) in [6.45, 7) is 4.98. The van der Waals surface area contributed by atoms with Crippen LogP contribution in [0.25, 0.3) is 0 Å². The lowest BCUT2D eigenvalue weighted by Crippen LogP contribution is -2.24. The number of rotatable bonds is 10. The maximum Gasteiger partial charge on any atom is 0.240 e. The van der Waals surface area contributed by atoms with Crippen LogP contribution in [0.2, 0.25) is 0 Å². The smallest absolute Gasteiger partial charge is 0.240 e. The van der Waals surface area contributed by atoms with Gasteiger partial charge in [0.15, 0.2) is 0 Å². The van der Waals surface area contributed by atoms with Crippen LogP contribution in [-0.4, -0.2) is 26.7 Å². The molecule has 2 N–H and O–H groups in total. The molecule has 0 saturated heterocycles. The normalized spacial score (nSPS) is 12.0. The van der Waals surface area contributed by atoms with Crippen molar-refractivity contribution >= 4 is 10.0 Å². The highest BCUT2D eigenvalue weighted by molar-refractivity contribution is 7.89. The first-order chi connectivity index (χ1) is 9.95. The highest BCUT2D eigenvalue weighted by Gasteiger charge is 2.12. The Labute approximate surface area is 128 Å². The number of aliphatic hydroxyl groups is 1. The molecule has 0 atom stereocenters. The van der Waals surface area contributed by atoms with Gasteiger partial charge in [0.05, 0.1) is 4.90 Å². The third-order valence-corrected chi connectivity index (χ3v) is 4.83. The van der Waals surface area contributed by atoms with Gasteiger partial charge in [-0.3, -0.25) is 0 Å². The molecule has 0 fully saturated rings. The fourth-order valence-corrected chi connectivity index (χ4v) is 3.16. The monoisotopic (exact) mass is 313 g/mol. The molecule has 0 aliphatic heterocycles. The van der Waals surface area contributed by atoms with Crippen LogP contribution in [0.15, 0.2) is 29.2 Å². The Kier molecular flexibility index (Phi) is 7.93. The fraction of sp³-hybridized carbons (Fsp3) is 0.625. The molecule has 21 heavy (non-hydrogen) atoms. The van der Waals surface area contributed by atoms with E-state index in [1.165, 1.54) is 0 Å². The Hall–Kier alpha value is -0.910. The van der Waals surface area contributed by atoms with Gasteiger partial charge in [0.2, 0.25) is 10.0 Å². The molecule has 0 spiro atoms. The zero-order valence-corrected chi connectivity index (χ0v) is 13.8. The van der Waals surface area contributed by atoms with Crippen LogP contribution >= 0.6 is 0 Å². The molecular weight excluding hydrogens is 286 g/mol. The molecule has 5 heteroatoms. The first-order valence-electron chi connectivity index (χ1n) is 7.65. The van der Waals surface area contributed by atoms with Crippen molar-refractivity contribution in [1.29, 1.82) is 0 Å². The van der Waals surface area contributed by atoms with Gasteiger partial charge in [-0.25, -0.2) is 13.1 Å². The Balaban J connectivity index is 2.46. The molecule has 0 saturated carbocycles. The lowest BCUT2D eigenvalue weighted by molar-refractivity contribution is 0.288. The van der Waals surface area contributed by atoms with Crippen molar-refractivity contribution in [1.82, 2.24) is 4.72 Å². The summed E-state index contributed by atoms with van der Waals surface area (Å²) in [6.07, 6.45) is 4.49. The standard InChI is InChI=1S/C16H27NO3S/c1-14(2)6-3-4-12-17-21(19,20)16-10-8-15(9-11-16)7-5-13-18/h8-11,14,17-18H,3-7,12-13H2,1-2H3. The van der Waals surface area contributed by atoms with E-state index >= 15 is 0 Å². The summed E-state index contributed by atoms with van der Waals surface area (Å²) in [7, 11) is -3.40. The van der Waals surface area contributed by atoms with Crippen molar-refractivity contribution in [2.75, 3.05) is 13.2 Å². The molecule has 0 unspecified atom stereocenters. The van der Waals surface area contributed by atoms with Crippen molar-refractivity contribution in [2.24, 2.45) is 5.92 Å². The molecule has 1 aromatic carbocycles.